The van der Waals surface area contributed by atoms with Gasteiger partial charge in [-0.3, -0.25) is 9.69 Å². The van der Waals surface area contributed by atoms with Crippen LogP contribution in [0.3, 0.4) is 0 Å². The van der Waals surface area contributed by atoms with Crippen molar-refractivity contribution in [3.8, 4) is 0 Å². The Hall–Kier alpha value is -2.95. The van der Waals surface area contributed by atoms with Crippen LogP contribution in [0.4, 0.5) is 5.95 Å². The molecule has 0 aliphatic carbocycles. The van der Waals surface area contributed by atoms with E-state index in [1.54, 1.807) is 6.33 Å². The van der Waals surface area contributed by atoms with Crippen LogP contribution in [0.2, 0.25) is 0 Å². The average molecular weight is 374 g/mol. The van der Waals surface area contributed by atoms with Crippen LogP contribution in [0, 0.1) is 19.8 Å². The molecule has 0 spiro atoms. The van der Waals surface area contributed by atoms with Gasteiger partial charge in [-0.05, 0) is 31.4 Å². The largest absolute Gasteiger partial charge is 0.274 e. The van der Waals surface area contributed by atoms with E-state index in [0.717, 1.165) is 12.0 Å². The van der Waals surface area contributed by atoms with Crippen molar-refractivity contribution in [1.82, 2.24) is 14.8 Å². The van der Waals surface area contributed by atoms with Gasteiger partial charge in [0.1, 0.15) is 6.33 Å². The van der Waals surface area contributed by atoms with Crippen LogP contribution < -0.4 is 4.90 Å². The molecule has 0 radical (unpaired) electrons. The van der Waals surface area contributed by atoms with Gasteiger partial charge in [-0.1, -0.05) is 73.5 Å². The van der Waals surface area contributed by atoms with Crippen molar-refractivity contribution in [2.75, 3.05) is 4.90 Å². The Morgan fingerprint density at radius 3 is 2.00 bits per heavy atom. The highest BCUT2D eigenvalue weighted by Crippen LogP contribution is 2.42. The van der Waals surface area contributed by atoms with Gasteiger partial charge in [0.15, 0.2) is 0 Å². The number of fused-ring (bicyclic) bond motifs is 1. The Bertz CT molecular complexity index is 973. The van der Waals surface area contributed by atoms with Crippen molar-refractivity contribution in [2.45, 2.75) is 46.2 Å². The van der Waals surface area contributed by atoms with Crippen LogP contribution >= 0.6 is 0 Å². The minimum absolute atomic E-state index is 0.0422. The van der Waals surface area contributed by atoms with Gasteiger partial charge in [0, 0.05) is 5.92 Å². The first-order chi connectivity index (χ1) is 13.5. The van der Waals surface area contributed by atoms with E-state index in [1.807, 2.05) is 23.4 Å². The van der Waals surface area contributed by atoms with Gasteiger partial charge < -0.3 is 0 Å². The molecule has 2 aromatic carbocycles. The molecule has 1 amide bonds. The summed E-state index contributed by atoms with van der Waals surface area (Å²) in [6, 6.07) is 17.0. The van der Waals surface area contributed by atoms with Gasteiger partial charge in [-0.25, -0.2) is 4.68 Å². The first kappa shape index (κ1) is 18.4. The molecule has 1 aromatic heterocycles. The molecule has 0 saturated carbocycles. The molecule has 5 nitrogen and oxygen atoms in total. The Morgan fingerprint density at radius 2 is 1.46 bits per heavy atom. The molecule has 0 N–H and O–H groups in total. The third-order valence-electron chi connectivity index (χ3n) is 5.48. The van der Waals surface area contributed by atoms with Gasteiger partial charge in [0.25, 0.3) is 0 Å². The number of carbonyl (C=O) groups is 1. The molecule has 0 bridgehead atoms. The maximum atomic E-state index is 13.1. The number of benzene rings is 2. The zero-order valence-electron chi connectivity index (χ0n) is 16.8. The second-order valence-corrected chi connectivity index (χ2v) is 7.96. The highest BCUT2D eigenvalue weighted by molar-refractivity contribution is 5.94. The van der Waals surface area contributed by atoms with Gasteiger partial charge in [0.05, 0.1) is 12.1 Å². The molecular formula is C23H26N4O. The fourth-order valence-corrected chi connectivity index (χ4v) is 3.86. The number of rotatable bonds is 3. The number of amides is 1. The number of aromatic nitrogens is 3. The summed E-state index contributed by atoms with van der Waals surface area (Å²) < 4.78 is 1.90. The lowest BCUT2D eigenvalue weighted by molar-refractivity contribution is -0.122. The summed E-state index contributed by atoms with van der Waals surface area (Å²) in [6.07, 6.45) is 2.32. The molecule has 0 fully saturated rings. The van der Waals surface area contributed by atoms with Crippen LogP contribution in [0.1, 0.15) is 54.6 Å². The predicted octanol–water partition coefficient (Wildman–Crippen LogP) is 4.62. The molecule has 5 heteroatoms. The van der Waals surface area contributed by atoms with Gasteiger partial charge >= 0.3 is 0 Å². The van der Waals surface area contributed by atoms with Crippen LogP contribution in [-0.2, 0) is 4.79 Å². The Labute approximate surface area is 166 Å². The summed E-state index contributed by atoms with van der Waals surface area (Å²) in [5.74, 6) is 0.581. The first-order valence-corrected chi connectivity index (χ1v) is 9.81. The predicted molar refractivity (Wildman–Crippen MR) is 110 cm³/mol. The molecule has 4 rings (SSSR count). The number of hydrogen-bond acceptors (Lipinski definition) is 3. The molecule has 144 valence electrons. The third kappa shape index (κ3) is 3.21. The van der Waals surface area contributed by atoms with Crippen molar-refractivity contribution in [3.63, 3.8) is 0 Å². The number of anilines is 1. The fourth-order valence-electron chi connectivity index (χ4n) is 3.86. The Kier molecular flexibility index (Phi) is 4.75. The molecule has 3 aromatic rings. The van der Waals surface area contributed by atoms with Crippen molar-refractivity contribution in [2.24, 2.45) is 5.92 Å². The molecule has 1 aliphatic rings. The molecular weight excluding hydrogens is 348 g/mol. The van der Waals surface area contributed by atoms with Crippen molar-refractivity contribution in [1.29, 1.82) is 0 Å². The van der Waals surface area contributed by atoms with E-state index in [0.29, 0.717) is 5.95 Å². The van der Waals surface area contributed by atoms with E-state index < -0.39 is 0 Å². The molecule has 0 unspecified atom stereocenters. The summed E-state index contributed by atoms with van der Waals surface area (Å²) in [6.45, 7) is 8.03. The van der Waals surface area contributed by atoms with Gasteiger partial charge in [0.2, 0.25) is 11.9 Å². The van der Waals surface area contributed by atoms with Crippen molar-refractivity contribution >= 4 is 11.9 Å². The maximum absolute atomic E-state index is 13.1. The Balaban J connectivity index is 1.84. The van der Waals surface area contributed by atoms with E-state index in [1.165, 1.54) is 16.7 Å². The number of carbonyl (C=O) groups excluding carboxylic acids is 1. The number of hydrogen-bond donors (Lipinski definition) is 0. The van der Waals surface area contributed by atoms with Crippen molar-refractivity contribution in [3.05, 3.63) is 77.1 Å². The highest BCUT2D eigenvalue weighted by atomic mass is 16.2. The van der Waals surface area contributed by atoms with E-state index in [9.17, 15) is 4.79 Å². The molecule has 28 heavy (non-hydrogen) atoms. The highest BCUT2D eigenvalue weighted by Gasteiger charge is 2.39. The topological polar surface area (TPSA) is 51.0 Å². The smallest absolute Gasteiger partial charge is 0.232 e. The van der Waals surface area contributed by atoms with Crippen LogP contribution in [0.15, 0.2) is 54.9 Å². The monoisotopic (exact) mass is 374 g/mol. The first-order valence-electron chi connectivity index (χ1n) is 9.81. The number of aryl methyl sites for hydroxylation is 2. The minimum Gasteiger partial charge on any atom is -0.274 e. The van der Waals surface area contributed by atoms with Crippen LogP contribution in [-0.4, -0.2) is 20.7 Å². The normalized spacial score (nSPS) is 19.0. The zero-order valence-corrected chi connectivity index (χ0v) is 16.8. The lowest BCUT2D eigenvalue weighted by Crippen LogP contribution is -2.44. The van der Waals surface area contributed by atoms with Gasteiger partial charge in [-0.2, -0.15) is 10.1 Å². The SMILES string of the molecule is Cc1ccc([C@H]2C[C@@H](c3ccc(C)cc3)N(C(=O)C(C)C)c3ncnn32)cc1. The van der Waals surface area contributed by atoms with E-state index in [2.05, 4.69) is 72.5 Å². The fraction of sp³-hybridized carbons (Fsp3) is 0.348. The van der Waals surface area contributed by atoms with Crippen molar-refractivity contribution < 1.29 is 4.79 Å². The summed E-state index contributed by atoms with van der Waals surface area (Å²) >= 11 is 0. The summed E-state index contributed by atoms with van der Waals surface area (Å²) in [4.78, 5) is 19.5. The summed E-state index contributed by atoms with van der Waals surface area (Å²) in [5, 5.41) is 4.48. The molecule has 0 saturated heterocycles. The van der Waals surface area contributed by atoms with Crippen LogP contribution in [0.25, 0.3) is 0 Å². The van der Waals surface area contributed by atoms with Crippen LogP contribution in [0.5, 0.6) is 0 Å². The zero-order chi connectivity index (χ0) is 19.8. The summed E-state index contributed by atoms with van der Waals surface area (Å²) in [7, 11) is 0. The summed E-state index contributed by atoms with van der Waals surface area (Å²) in [5.41, 5.74) is 4.75. The Morgan fingerprint density at radius 1 is 0.929 bits per heavy atom. The molecule has 2 heterocycles. The van der Waals surface area contributed by atoms with E-state index >= 15 is 0 Å². The van der Waals surface area contributed by atoms with E-state index in [4.69, 9.17) is 0 Å². The second-order valence-electron chi connectivity index (χ2n) is 7.96. The van der Waals surface area contributed by atoms with E-state index in [-0.39, 0.29) is 23.9 Å². The molecule has 1 aliphatic heterocycles. The standard InChI is InChI=1S/C23H26N4O/c1-15(2)22(28)26-20(18-9-5-16(3)6-10-18)13-21(27-23(26)24-14-25-27)19-11-7-17(4)8-12-19/h5-12,14-15,20-21H,13H2,1-4H3/t20-,21+/m0/s1. The molecule has 2 atom stereocenters. The maximum Gasteiger partial charge on any atom is 0.232 e. The second kappa shape index (κ2) is 7.23. The lowest BCUT2D eigenvalue weighted by Gasteiger charge is -2.40. The minimum atomic E-state index is -0.117. The quantitative estimate of drug-likeness (QED) is 0.672. The lowest BCUT2D eigenvalue weighted by atomic mass is 9.90. The average Bonchev–Trinajstić information content (AvgIpc) is 3.17. The number of nitrogens with zero attached hydrogens (tertiary/aromatic N) is 4. The third-order valence-corrected chi connectivity index (χ3v) is 5.48. The van der Waals surface area contributed by atoms with Gasteiger partial charge in [-0.15, -0.1) is 0 Å².